The lowest BCUT2D eigenvalue weighted by molar-refractivity contribution is 0.0613. The summed E-state index contributed by atoms with van der Waals surface area (Å²) in [5.41, 5.74) is 4.29. The number of carbonyl (C=O) groups excluding carboxylic acids is 1. The number of aromatic nitrogens is 2. The summed E-state index contributed by atoms with van der Waals surface area (Å²) in [6.07, 6.45) is 14.6. The molecule has 0 bridgehead atoms. The van der Waals surface area contributed by atoms with Gasteiger partial charge in [-0.25, -0.2) is 14.8 Å². The molecule has 0 saturated carbocycles. The summed E-state index contributed by atoms with van der Waals surface area (Å²) in [7, 11) is 0. The number of ether oxygens (including phenoxy) is 2. The van der Waals surface area contributed by atoms with Crippen LogP contribution >= 0.6 is 0 Å². The van der Waals surface area contributed by atoms with Gasteiger partial charge < -0.3 is 9.47 Å². The van der Waals surface area contributed by atoms with E-state index in [9.17, 15) is 4.79 Å². The van der Waals surface area contributed by atoms with Crippen molar-refractivity contribution in [1.29, 1.82) is 0 Å². The molecule has 36 heavy (non-hydrogen) atoms. The first-order valence-corrected chi connectivity index (χ1v) is 13.5. The van der Waals surface area contributed by atoms with Gasteiger partial charge in [-0.2, -0.15) is 0 Å². The molecule has 0 aliphatic carbocycles. The second-order valence-corrected chi connectivity index (χ2v) is 9.46. The summed E-state index contributed by atoms with van der Waals surface area (Å²) in [6, 6.07) is 15.6. The van der Waals surface area contributed by atoms with Crippen molar-refractivity contribution in [2.45, 2.75) is 91.1 Å². The predicted molar refractivity (Wildman–Crippen MR) is 146 cm³/mol. The van der Waals surface area contributed by atoms with Gasteiger partial charge in [0, 0.05) is 18.0 Å². The van der Waals surface area contributed by atoms with Crippen molar-refractivity contribution in [3.05, 3.63) is 66.5 Å². The van der Waals surface area contributed by atoms with Crippen molar-refractivity contribution in [3.63, 3.8) is 0 Å². The molecule has 1 atom stereocenters. The number of hydrogen-bond donors (Lipinski definition) is 0. The fraction of sp³-hybridized carbons (Fsp3) is 0.452. The number of nitrogens with zero attached hydrogens (tertiary/aromatic N) is 2. The van der Waals surface area contributed by atoms with Gasteiger partial charge in [0.1, 0.15) is 11.9 Å². The van der Waals surface area contributed by atoms with Crippen molar-refractivity contribution in [1.82, 2.24) is 9.97 Å². The molecule has 2 aromatic carbocycles. The lowest BCUT2D eigenvalue weighted by Gasteiger charge is -2.13. The van der Waals surface area contributed by atoms with Crippen LogP contribution in [-0.4, -0.2) is 22.2 Å². The van der Waals surface area contributed by atoms with Crippen molar-refractivity contribution < 1.29 is 14.3 Å². The van der Waals surface area contributed by atoms with Crippen LogP contribution in [0.4, 0.5) is 4.79 Å². The van der Waals surface area contributed by atoms with Gasteiger partial charge in [-0.1, -0.05) is 88.8 Å². The molecule has 192 valence electrons. The summed E-state index contributed by atoms with van der Waals surface area (Å²) in [5.74, 6) is 1.21. The van der Waals surface area contributed by atoms with Gasteiger partial charge in [-0.3, -0.25) is 0 Å². The number of aryl methyl sites for hydroxylation is 1. The van der Waals surface area contributed by atoms with Crippen molar-refractivity contribution in [2.24, 2.45) is 0 Å². The molecule has 3 rings (SSSR count). The minimum absolute atomic E-state index is 0.141. The van der Waals surface area contributed by atoms with Crippen LogP contribution in [0, 0.1) is 0 Å². The number of carbonyl (C=O) groups is 1. The SMILES string of the molecule is CCCCCCc1cnc(-c2ccc(-c3ccc(OC(=O)O[C@H](C)CCCCCC)cc3)cc2)nc1. The Hall–Kier alpha value is -3.21. The van der Waals surface area contributed by atoms with Gasteiger partial charge in [0.2, 0.25) is 0 Å². The second kappa shape index (κ2) is 15.0. The van der Waals surface area contributed by atoms with E-state index in [0.717, 1.165) is 41.8 Å². The lowest BCUT2D eigenvalue weighted by atomic mass is 10.0. The van der Waals surface area contributed by atoms with Crippen LogP contribution in [0.3, 0.4) is 0 Å². The number of unbranched alkanes of at least 4 members (excludes halogenated alkanes) is 6. The molecule has 0 radical (unpaired) electrons. The Bertz CT molecular complexity index is 1030. The highest BCUT2D eigenvalue weighted by Crippen LogP contribution is 2.25. The van der Waals surface area contributed by atoms with Crippen molar-refractivity contribution >= 4 is 6.16 Å². The molecule has 5 nitrogen and oxygen atoms in total. The average molecular weight is 489 g/mol. The van der Waals surface area contributed by atoms with Crippen LogP contribution in [0.5, 0.6) is 5.75 Å². The van der Waals surface area contributed by atoms with Gasteiger partial charge in [0.25, 0.3) is 0 Å². The molecular formula is C31H40N2O3. The second-order valence-electron chi connectivity index (χ2n) is 9.46. The molecule has 0 aliphatic rings. The first kappa shape index (κ1) is 27.4. The van der Waals surface area contributed by atoms with Gasteiger partial charge in [-0.15, -0.1) is 0 Å². The highest BCUT2D eigenvalue weighted by molar-refractivity contribution is 5.69. The molecule has 0 aliphatic heterocycles. The lowest BCUT2D eigenvalue weighted by Crippen LogP contribution is -2.18. The molecular weight excluding hydrogens is 448 g/mol. The minimum Gasteiger partial charge on any atom is -0.431 e. The average Bonchev–Trinajstić information content (AvgIpc) is 2.90. The highest BCUT2D eigenvalue weighted by Gasteiger charge is 2.12. The van der Waals surface area contributed by atoms with Crippen LogP contribution in [0.15, 0.2) is 60.9 Å². The molecule has 0 unspecified atom stereocenters. The van der Waals surface area contributed by atoms with Gasteiger partial charge in [0.15, 0.2) is 5.82 Å². The Balaban J connectivity index is 1.50. The van der Waals surface area contributed by atoms with E-state index in [-0.39, 0.29) is 6.10 Å². The Morgan fingerprint density at radius 2 is 1.31 bits per heavy atom. The fourth-order valence-corrected chi connectivity index (χ4v) is 4.12. The highest BCUT2D eigenvalue weighted by atomic mass is 16.7. The summed E-state index contributed by atoms with van der Waals surface area (Å²) >= 11 is 0. The molecule has 0 amide bonds. The van der Waals surface area contributed by atoms with E-state index < -0.39 is 6.16 Å². The quantitative estimate of drug-likeness (QED) is 0.129. The van der Waals surface area contributed by atoms with Gasteiger partial charge in [-0.05, 0) is 61.4 Å². The van der Waals surface area contributed by atoms with E-state index >= 15 is 0 Å². The van der Waals surface area contributed by atoms with E-state index in [2.05, 4.69) is 35.9 Å². The van der Waals surface area contributed by atoms with Crippen LogP contribution in [0.1, 0.15) is 84.1 Å². The van der Waals surface area contributed by atoms with Crippen LogP contribution in [0.25, 0.3) is 22.5 Å². The zero-order valence-electron chi connectivity index (χ0n) is 22.0. The third-order valence-corrected chi connectivity index (χ3v) is 6.32. The third-order valence-electron chi connectivity index (χ3n) is 6.32. The number of hydrogen-bond acceptors (Lipinski definition) is 5. The van der Waals surface area contributed by atoms with Crippen LogP contribution in [-0.2, 0) is 11.2 Å². The molecule has 1 aromatic heterocycles. The maximum Gasteiger partial charge on any atom is 0.514 e. The minimum atomic E-state index is -0.651. The third kappa shape index (κ3) is 9.10. The maximum absolute atomic E-state index is 12.1. The Labute approximate surface area is 216 Å². The normalized spacial score (nSPS) is 11.8. The van der Waals surface area contributed by atoms with E-state index in [1.807, 2.05) is 43.6 Å². The molecule has 0 spiro atoms. The molecule has 1 heterocycles. The van der Waals surface area contributed by atoms with Crippen molar-refractivity contribution in [2.75, 3.05) is 0 Å². The topological polar surface area (TPSA) is 61.3 Å². The van der Waals surface area contributed by atoms with Crippen molar-refractivity contribution in [3.8, 4) is 28.3 Å². The van der Waals surface area contributed by atoms with E-state index in [4.69, 9.17) is 9.47 Å². The van der Waals surface area contributed by atoms with E-state index in [1.54, 1.807) is 12.1 Å². The van der Waals surface area contributed by atoms with Gasteiger partial charge >= 0.3 is 6.16 Å². The smallest absolute Gasteiger partial charge is 0.431 e. The summed E-state index contributed by atoms with van der Waals surface area (Å²) in [6.45, 7) is 6.32. The zero-order chi connectivity index (χ0) is 25.6. The Morgan fingerprint density at radius 1 is 0.750 bits per heavy atom. The molecule has 0 N–H and O–H groups in total. The zero-order valence-corrected chi connectivity index (χ0v) is 22.0. The first-order valence-electron chi connectivity index (χ1n) is 13.5. The molecule has 0 saturated heterocycles. The Morgan fingerprint density at radius 3 is 1.92 bits per heavy atom. The largest absolute Gasteiger partial charge is 0.514 e. The van der Waals surface area contributed by atoms with E-state index in [1.165, 1.54) is 50.5 Å². The standard InChI is InChI=1S/C31H40N2O3/c1-4-6-8-10-12-24(3)35-31(34)36-29-20-18-27(19-21-29)26-14-16-28(17-15-26)30-32-22-25(23-33-30)13-11-9-7-5-2/h14-24H,4-13H2,1-3H3/t24-/m1/s1. The summed E-state index contributed by atoms with van der Waals surface area (Å²) in [5, 5.41) is 0. The van der Waals surface area contributed by atoms with Crippen LogP contribution in [0.2, 0.25) is 0 Å². The van der Waals surface area contributed by atoms with E-state index in [0.29, 0.717) is 5.75 Å². The predicted octanol–water partition coefficient (Wildman–Crippen LogP) is 8.81. The number of rotatable bonds is 14. The summed E-state index contributed by atoms with van der Waals surface area (Å²) in [4.78, 5) is 21.2. The van der Waals surface area contributed by atoms with Crippen LogP contribution < -0.4 is 4.74 Å². The summed E-state index contributed by atoms with van der Waals surface area (Å²) < 4.78 is 10.7. The van der Waals surface area contributed by atoms with Gasteiger partial charge in [0.05, 0.1) is 0 Å². The maximum atomic E-state index is 12.1. The molecule has 0 fully saturated rings. The Kier molecular flexibility index (Phi) is 11.4. The monoisotopic (exact) mass is 488 g/mol. The fourth-order valence-electron chi connectivity index (χ4n) is 4.12. The first-order chi connectivity index (χ1) is 17.6. The molecule has 5 heteroatoms. The molecule has 3 aromatic rings. The number of benzene rings is 2.